The zero-order chi connectivity index (χ0) is 28.1. The second-order valence-corrected chi connectivity index (χ2v) is 10.3. The minimum absolute atomic E-state index is 0.0206. The van der Waals surface area contributed by atoms with Crippen LogP contribution in [-0.4, -0.2) is 51.5 Å². The summed E-state index contributed by atoms with van der Waals surface area (Å²) >= 11 is 0. The molecule has 0 spiro atoms. The number of amides is 2. The van der Waals surface area contributed by atoms with Crippen molar-refractivity contribution in [2.75, 3.05) is 19.5 Å². The molecular weight excluding hydrogens is 506 g/mol. The van der Waals surface area contributed by atoms with Gasteiger partial charge in [0.25, 0.3) is 0 Å². The van der Waals surface area contributed by atoms with Gasteiger partial charge in [0.15, 0.2) is 0 Å². The van der Waals surface area contributed by atoms with E-state index < -0.39 is 5.54 Å². The molecule has 40 heavy (non-hydrogen) atoms. The molecule has 1 N–H and O–H groups in total. The Hall–Kier alpha value is -4.40. The van der Waals surface area contributed by atoms with Crippen LogP contribution in [0.5, 0.6) is 11.5 Å². The average Bonchev–Trinajstić information content (AvgIpc) is 3.39. The number of benzene rings is 3. The molecule has 0 bridgehead atoms. The van der Waals surface area contributed by atoms with E-state index in [2.05, 4.69) is 15.6 Å². The van der Waals surface area contributed by atoms with E-state index in [0.29, 0.717) is 36.6 Å². The van der Waals surface area contributed by atoms with Gasteiger partial charge >= 0.3 is 0 Å². The van der Waals surface area contributed by atoms with Crippen LogP contribution in [-0.2, 0) is 22.7 Å². The first kappa shape index (κ1) is 27.2. The molecule has 1 fully saturated rings. The predicted molar refractivity (Wildman–Crippen MR) is 153 cm³/mol. The molecule has 0 radical (unpaired) electrons. The maximum atomic E-state index is 14.3. The summed E-state index contributed by atoms with van der Waals surface area (Å²) in [6, 6.07) is 20.8. The van der Waals surface area contributed by atoms with Gasteiger partial charge in [-0.1, -0.05) is 60.9 Å². The zero-order valence-electron chi connectivity index (χ0n) is 23.2. The summed E-state index contributed by atoms with van der Waals surface area (Å²) in [5, 5.41) is 11.6. The fourth-order valence-electron chi connectivity index (χ4n) is 5.58. The molecule has 0 saturated heterocycles. The lowest BCUT2D eigenvalue weighted by atomic mass is 9.78. The lowest BCUT2D eigenvalue weighted by Gasteiger charge is -2.45. The fraction of sp³-hybridized carbons (Fsp3) is 0.355. The second-order valence-electron chi connectivity index (χ2n) is 10.3. The van der Waals surface area contributed by atoms with Crippen LogP contribution in [0, 0.1) is 6.92 Å². The van der Waals surface area contributed by atoms with Gasteiger partial charge in [-0.3, -0.25) is 9.59 Å². The average molecular weight is 542 g/mol. The third-order valence-corrected chi connectivity index (χ3v) is 7.87. The van der Waals surface area contributed by atoms with Gasteiger partial charge < -0.3 is 19.7 Å². The predicted octanol–water partition coefficient (Wildman–Crippen LogP) is 5.13. The van der Waals surface area contributed by atoms with Gasteiger partial charge in [0.1, 0.15) is 29.1 Å². The Labute approximate surface area is 234 Å². The number of nitrogens with zero attached hydrogens (tertiary/aromatic N) is 4. The van der Waals surface area contributed by atoms with Gasteiger partial charge in [0, 0.05) is 12.6 Å². The first-order valence-corrected chi connectivity index (χ1v) is 13.6. The molecule has 9 nitrogen and oxygen atoms in total. The van der Waals surface area contributed by atoms with E-state index >= 15 is 0 Å². The van der Waals surface area contributed by atoms with E-state index in [1.54, 1.807) is 42.0 Å². The SMILES string of the molecule is COc1ccc(NC(=O)C2(N(Cc3ccccc3C)C(=O)Cn3nnc4ccccc43)CCCCC2)c(OC)c1. The number of carbonyl (C=O) groups excluding carboxylic acids is 2. The highest BCUT2D eigenvalue weighted by atomic mass is 16.5. The molecule has 208 valence electrons. The lowest BCUT2D eigenvalue weighted by molar-refractivity contribution is -0.149. The number of carbonyl (C=O) groups is 2. The van der Waals surface area contributed by atoms with E-state index in [-0.39, 0.29) is 18.4 Å². The summed E-state index contributed by atoms with van der Waals surface area (Å²) in [6.45, 7) is 2.32. The number of aryl methyl sites for hydroxylation is 1. The molecule has 0 aliphatic heterocycles. The largest absolute Gasteiger partial charge is 0.497 e. The molecule has 3 aromatic carbocycles. The van der Waals surface area contributed by atoms with Crippen LogP contribution in [0.15, 0.2) is 66.7 Å². The van der Waals surface area contributed by atoms with Crippen molar-refractivity contribution < 1.29 is 19.1 Å². The quantitative estimate of drug-likeness (QED) is 0.316. The van der Waals surface area contributed by atoms with Gasteiger partial charge in [0.2, 0.25) is 11.8 Å². The number of anilines is 1. The number of aromatic nitrogens is 3. The first-order valence-electron chi connectivity index (χ1n) is 13.6. The van der Waals surface area contributed by atoms with Crippen molar-refractivity contribution in [3.63, 3.8) is 0 Å². The van der Waals surface area contributed by atoms with Gasteiger partial charge in [-0.25, -0.2) is 4.68 Å². The molecule has 0 unspecified atom stereocenters. The number of rotatable bonds is 9. The Morgan fingerprint density at radius 3 is 2.48 bits per heavy atom. The summed E-state index contributed by atoms with van der Waals surface area (Å²) in [4.78, 5) is 30.3. The summed E-state index contributed by atoms with van der Waals surface area (Å²) in [6.07, 6.45) is 3.83. The highest BCUT2D eigenvalue weighted by molar-refractivity contribution is 6.01. The third-order valence-electron chi connectivity index (χ3n) is 7.87. The van der Waals surface area contributed by atoms with Crippen LogP contribution in [0.3, 0.4) is 0 Å². The van der Waals surface area contributed by atoms with Crippen LogP contribution < -0.4 is 14.8 Å². The fourth-order valence-corrected chi connectivity index (χ4v) is 5.58. The molecular formula is C31H35N5O4. The van der Waals surface area contributed by atoms with Crippen LogP contribution in [0.1, 0.15) is 43.2 Å². The minimum atomic E-state index is -1.04. The lowest BCUT2D eigenvalue weighted by Crippen LogP contribution is -2.60. The summed E-state index contributed by atoms with van der Waals surface area (Å²) in [7, 11) is 3.13. The number of para-hydroxylation sites is 1. The van der Waals surface area contributed by atoms with E-state index in [4.69, 9.17) is 9.47 Å². The molecule has 1 heterocycles. The Morgan fingerprint density at radius 2 is 1.73 bits per heavy atom. The maximum absolute atomic E-state index is 14.3. The van der Waals surface area contributed by atoms with Crippen LogP contribution in [0.4, 0.5) is 5.69 Å². The van der Waals surface area contributed by atoms with E-state index in [9.17, 15) is 9.59 Å². The van der Waals surface area contributed by atoms with Crippen molar-refractivity contribution in [3.8, 4) is 11.5 Å². The van der Waals surface area contributed by atoms with E-state index in [0.717, 1.165) is 41.4 Å². The highest BCUT2D eigenvalue weighted by Crippen LogP contribution is 2.38. The monoisotopic (exact) mass is 541 g/mol. The molecule has 4 aromatic rings. The van der Waals surface area contributed by atoms with Gasteiger partial charge in [-0.05, 0) is 55.2 Å². The van der Waals surface area contributed by atoms with Crippen LogP contribution in [0.2, 0.25) is 0 Å². The smallest absolute Gasteiger partial charge is 0.250 e. The van der Waals surface area contributed by atoms with Gasteiger partial charge in [-0.2, -0.15) is 0 Å². The first-order chi connectivity index (χ1) is 19.4. The van der Waals surface area contributed by atoms with Crippen molar-refractivity contribution in [3.05, 3.63) is 77.9 Å². The molecule has 2 amide bonds. The third kappa shape index (κ3) is 5.36. The molecule has 1 aliphatic carbocycles. The Kier molecular flexibility index (Phi) is 8.00. The molecule has 1 saturated carbocycles. The van der Waals surface area contributed by atoms with Crippen LogP contribution in [0.25, 0.3) is 11.0 Å². The number of nitrogens with one attached hydrogen (secondary N) is 1. The van der Waals surface area contributed by atoms with Gasteiger partial charge in [-0.15, -0.1) is 5.10 Å². The Balaban J connectivity index is 1.54. The van der Waals surface area contributed by atoms with Crippen molar-refractivity contribution in [1.82, 2.24) is 19.9 Å². The summed E-state index contributed by atoms with van der Waals surface area (Å²) < 4.78 is 12.5. The number of hydrogen-bond donors (Lipinski definition) is 1. The molecule has 1 aromatic heterocycles. The van der Waals surface area contributed by atoms with E-state index in [1.807, 2.05) is 55.5 Å². The molecule has 5 rings (SSSR count). The van der Waals surface area contributed by atoms with Crippen molar-refractivity contribution in [2.24, 2.45) is 0 Å². The number of hydrogen-bond acceptors (Lipinski definition) is 6. The minimum Gasteiger partial charge on any atom is -0.497 e. The number of methoxy groups -OCH3 is 2. The second kappa shape index (κ2) is 11.8. The summed E-state index contributed by atoms with van der Waals surface area (Å²) in [5.41, 5.74) is 3.05. The van der Waals surface area contributed by atoms with Gasteiger partial charge in [0.05, 0.1) is 25.4 Å². The van der Waals surface area contributed by atoms with Crippen molar-refractivity contribution in [2.45, 2.75) is 57.7 Å². The highest BCUT2D eigenvalue weighted by Gasteiger charge is 2.47. The van der Waals surface area contributed by atoms with Crippen molar-refractivity contribution >= 4 is 28.5 Å². The zero-order valence-corrected chi connectivity index (χ0v) is 23.2. The molecule has 0 atom stereocenters. The summed E-state index contributed by atoms with van der Waals surface area (Å²) in [5.74, 6) is 0.710. The topological polar surface area (TPSA) is 98.6 Å². The van der Waals surface area contributed by atoms with E-state index in [1.165, 1.54) is 0 Å². The molecule has 1 aliphatic rings. The van der Waals surface area contributed by atoms with Crippen LogP contribution >= 0.6 is 0 Å². The Morgan fingerprint density at radius 1 is 0.975 bits per heavy atom. The maximum Gasteiger partial charge on any atom is 0.250 e. The van der Waals surface area contributed by atoms with Crippen molar-refractivity contribution in [1.29, 1.82) is 0 Å². The Bertz CT molecular complexity index is 1510. The normalized spacial score (nSPS) is 14.5. The number of ether oxygens (including phenoxy) is 2. The molecule has 9 heteroatoms. The standard InChI is InChI=1S/C31H35N5O4/c1-22-11-5-6-12-23(22)20-35(29(37)21-36-27-14-8-7-13-25(27)33-34-36)31(17-9-4-10-18-31)30(38)32-26-16-15-24(39-2)19-28(26)40-3/h5-8,11-16,19H,4,9-10,17-18,20-21H2,1-3H3,(H,32,38). The number of fused-ring (bicyclic) bond motifs is 1.